The summed E-state index contributed by atoms with van der Waals surface area (Å²) in [7, 11) is 0. The van der Waals surface area contributed by atoms with Crippen LogP contribution < -0.4 is 4.90 Å². The third-order valence-corrected chi connectivity index (χ3v) is 3.44. The lowest BCUT2D eigenvalue weighted by Gasteiger charge is -2.47. The molecule has 0 unspecified atom stereocenters. The number of aromatic nitrogens is 1. The Hall–Kier alpha value is -0.760. The number of anilines is 1. The summed E-state index contributed by atoms with van der Waals surface area (Å²) in [6.07, 6.45) is 1.80. The van der Waals surface area contributed by atoms with E-state index in [0.29, 0.717) is 5.41 Å². The molecule has 0 aliphatic carbocycles. The summed E-state index contributed by atoms with van der Waals surface area (Å²) >= 11 is 6.09. The molecule has 0 saturated carbocycles. The van der Waals surface area contributed by atoms with Crippen LogP contribution in [0, 0.1) is 11.3 Å². The van der Waals surface area contributed by atoms with E-state index in [1.165, 1.54) is 0 Å². The highest BCUT2D eigenvalue weighted by molar-refractivity contribution is 6.32. The zero-order chi connectivity index (χ0) is 11.1. The van der Waals surface area contributed by atoms with Crippen molar-refractivity contribution in [2.75, 3.05) is 18.0 Å². The highest BCUT2D eigenvalue weighted by Gasteiger charge is 2.36. The Kier molecular flexibility index (Phi) is 2.63. The molecule has 1 aromatic heterocycles. The van der Waals surface area contributed by atoms with Crippen LogP contribution in [0.1, 0.15) is 20.8 Å². The van der Waals surface area contributed by atoms with Gasteiger partial charge in [0.1, 0.15) is 5.82 Å². The third kappa shape index (κ3) is 2.10. The molecule has 82 valence electrons. The molecule has 1 aliphatic heterocycles. The van der Waals surface area contributed by atoms with Gasteiger partial charge in [0.25, 0.3) is 0 Å². The van der Waals surface area contributed by atoms with Crippen LogP contribution in [-0.4, -0.2) is 18.1 Å². The fourth-order valence-corrected chi connectivity index (χ4v) is 2.05. The number of halogens is 1. The number of hydrogen-bond donors (Lipinski definition) is 0. The molecule has 1 aliphatic rings. The molecule has 0 spiro atoms. The van der Waals surface area contributed by atoms with Crippen LogP contribution in [0.4, 0.5) is 5.82 Å². The van der Waals surface area contributed by atoms with Crippen LogP contribution in [0.3, 0.4) is 0 Å². The van der Waals surface area contributed by atoms with Crippen molar-refractivity contribution >= 4 is 17.4 Å². The summed E-state index contributed by atoms with van der Waals surface area (Å²) in [5.41, 5.74) is 0.387. The van der Waals surface area contributed by atoms with E-state index in [2.05, 4.69) is 30.7 Å². The molecule has 2 rings (SSSR count). The van der Waals surface area contributed by atoms with Crippen molar-refractivity contribution in [1.29, 1.82) is 0 Å². The summed E-state index contributed by atoms with van der Waals surface area (Å²) in [6, 6.07) is 3.77. The van der Waals surface area contributed by atoms with E-state index in [4.69, 9.17) is 11.6 Å². The summed E-state index contributed by atoms with van der Waals surface area (Å²) in [5.74, 6) is 1.68. The van der Waals surface area contributed by atoms with Crippen LogP contribution in [0.15, 0.2) is 18.3 Å². The van der Waals surface area contributed by atoms with Gasteiger partial charge >= 0.3 is 0 Å². The minimum Gasteiger partial charge on any atom is -0.355 e. The first-order valence-corrected chi connectivity index (χ1v) is 5.72. The van der Waals surface area contributed by atoms with Crippen molar-refractivity contribution < 1.29 is 0 Å². The Bertz CT molecular complexity index is 351. The Balaban J connectivity index is 2.04. The van der Waals surface area contributed by atoms with Gasteiger partial charge in [-0.3, -0.25) is 0 Å². The average molecular weight is 225 g/mol. The molecule has 0 radical (unpaired) electrons. The summed E-state index contributed by atoms with van der Waals surface area (Å²) in [5, 5.41) is 0.754. The van der Waals surface area contributed by atoms with Gasteiger partial charge in [-0.05, 0) is 23.5 Å². The molecule has 15 heavy (non-hydrogen) atoms. The van der Waals surface area contributed by atoms with E-state index in [0.717, 1.165) is 29.8 Å². The fourth-order valence-electron chi connectivity index (χ4n) is 1.81. The van der Waals surface area contributed by atoms with Crippen molar-refractivity contribution in [1.82, 2.24) is 4.98 Å². The zero-order valence-electron chi connectivity index (χ0n) is 9.50. The number of nitrogens with zero attached hydrogens (tertiary/aromatic N) is 2. The highest BCUT2D eigenvalue weighted by atomic mass is 35.5. The maximum Gasteiger partial charge on any atom is 0.147 e. The maximum absolute atomic E-state index is 6.09. The molecular weight excluding hydrogens is 208 g/mol. The molecule has 3 heteroatoms. The Morgan fingerprint density at radius 1 is 1.40 bits per heavy atom. The number of pyridine rings is 1. The van der Waals surface area contributed by atoms with Crippen molar-refractivity contribution in [2.24, 2.45) is 11.3 Å². The lowest BCUT2D eigenvalue weighted by molar-refractivity contribution is 0.194. The number of hydrogen-bond acceptors (Lipinski definition) is 2. The van der Waals surface area contributed by atoms with E-state index in [-0.39, 0.29) is 0 Å². The molecule has 0 amide bonds. The predicted molar refractivity (Wildman–Crippen MR) is 64.4 cm³/mol. The number of rotatable bonds is 1. The van der Waals surface area contributed by atoms with Crippen molar-refractivity contribution in [3.63, 3.8) is 0 Å². The van der Waals surface area contributed by atoms with E-state index >= 15 is 0 Å². The smallest absolute Gasteiger partial charge is 0.147 e. The van der Waals surface area contributed by atoms with Gasteiger partial charge in [0, 0.05) is 19.3 Å². The first-order chi connectivity index (χ1) is 6.98. The molecular formula is C12H17ClN2. The SMILES string of the molecule is CC(C)(C)C1CN(c2ncccc2Cl)C1. The molecule has 2 nitrogen and oxygen atoms in total. The Morgan fingerprint density at radius 2 is 2.07 bits per heavy atom. The van der Waals surface area contributed by atoms with Crippen molar-refractivity contribution in [3.8, 4) is 0 Å². The summed E-state index contributed by atoms with van der Waals surface area (Å²) in [6.45, 7) is 9.00. The van der Waals surface area contributed by atoms with E-state index in [1.54, 1.807) is 6.20 Å². The second-order valence-electron chi connectivity index (χ2n) is 5.28. The molecule has 1 aromatic rings. The van der Waals surface area contributed by atoms with Crippen LogP contribution in [0.5, 0.6) is 0 Å². The van der Waals surface area contributed by atoms with Gasteiger partial charge in [0.2, 0.25) is 0 Å². The quantitative estimate of drug-likeness (QED) is 0.728. The van der Waals surface area contributed by atoms with Crippen LogP contribution >= 0.6 is 11.6 Å². The molecule has 0 N–H and O–H groups in total. The summed E-state index contributed by atoms with van der Waals surface area (Å²) < 4.78 is 0. The predicted octanol–water partition coefficient (Wildman–Crippen LogP) is 3.22. The first-order valence-electron chi connectivity index (χ1n) is 5.34. The normalized spacial score (nSPS) is 17.7. The van der Waals surface area contributed by atoms with Gasteiger partial charge in [-0.1, -0.05) is 32.4 Å². The second kappa shape index (κ2) is 3.67. The Morgan fingerprint density at radius 3 is 2.60 bits per heavy atom. The van der Waals surface area contributed by atoms with Gasteiger partial charge in [0.05, 0.1) is 5.02 Å². The fraction of sp³-hybridized carbons (Fsp3) is 0.583. The standard InChI is InChI=1S/C12H17ClN2/c1-12(2,3)9-7-15(8-9)11-10(13)5-4-6-14-11/h4-6,9H,7-8H2,1-3H3. The average Bonchev–Trinajstić information content (AvgIpc) is 2.03. The molecule has 1 saturated heterocycles. The lowest BCUT2D eigenvalue weighted by atomic mass is 9.76. The van der Waals surface area contributed by atoms with Gasteiger partial charge in [-0.15, -0.1) is 0 Å². The topological polar surface area (TPSA) is 16.1 Å². The summed E-state index contributed by atoms with van der Waals surface area (Å²) in [4.78, 5) is 6.56. The third-order valence-electron chi connectivity index (χ3n) is 3.14. The van der Waals surface area contributed by atoms with Gasteiger partial charge < -0.3 is 4.90 Å². The monoisotopic (exact) mass is 224 g/mol. The van der Waals surface area contributed by atoms with Crippen molar-refractivity contribution in [2.45, 2.75) is 20.8 Å². The van der Waals surface area contributed by atoms with Gasteiger partial charge in [-0.2, -0.15) is 0 Å². The molecule has 1 fully saturated rings. The minimum absolute atomic E-state index is 0.387. The molecule has 0 bridgehead atoms. The van der Waals surface area contributed by atoms with Crippen LogP contribution in [0.2, 0.25) is 5.02 Å². The largest absolute Gasteiger partial charge is 0.355 e. The van der Waals surface area contributed by atoms with E-state index in [1.807, 2.05) is 12.1 Å². The second-order valence-corrected chi connectivity index (χ2v) is 5.68. The minimum atomic E-state index is 0.387. The van der Waals surface area contributed by atoms with Crippen LogP contribution in [-0.2, 0) is 0 Å². The van der Waals surface area contributed by atoms with Crippen molar-refractivity contribution in [3.05, 3.63) is 23.4 Å². The van der Waals surface area contributed by atoms with E-state index < -0.39 is 0 Å². The lowest BCUT2D eigenvalue weighted by Crippen LogP contribution is -2.52. The first kappa shape index (κ1) is 10.7. The van der Waals surface area contributed by atoms with Gasteiger partial charge in [-0.25, -0.2) is 4.98 Å². The van der Waals surface area contributed by atoms with E-state index in [9.17, 15) is 0 Å². The van der Waals surface area contributed by atoms with Crippen LogP contribution in [0.25, 0.3) is 0 Å². The highest BCUT2D eigenvalue weighted by Crippen LogP contribution is 2.37. The maximum atomic E-state index is 6.09. The molecule has 0 atom stereocenters. The molecule has 0 aromatic carbocycles. The molecule has 2 heterocycles. The zero-order valence-corrected chi connectivity index (χ0v) is 10.3. The Labute approximate surface area is 96.3 Å². The van der Waals surface area contributed by atoms with Gasteiger partial charge in [0.15, 0.2) is 0 Å².